The molecule has 0 radical (unpaired) electrons. The molecule has 0 spiro atoms. The highest BCUT2D eigenvalue weighted by Gasteiger charge is 2.47. The summed E-state index contributed by atoms with van der Waals surface area (Å²) >= 11 is 0. The lowest BCUT2D eigenvalue weighted by Crippen LogP contribution is -2.61. The van der Waals surface area contributed by atoms with E-state index in [0.717, 1.165) is 25.7 Å². The molecule has 0 aromatic carbocycles. The number of aromatic nitrogens is 6. The number of H-pyrrole nitrogens is 1. The van der Waals surface area contributed by atoms with E-state index in [4.69, 9.17) is 15.1 Å². The molecule has 0 aliphatic carbocycles. The highest BCUT2D eigenvalue weighted by atomic mass is 15.5. The zero-order chi connectivity index (χ0) is 40.3. The van der Waals surface area contributed by atoms with E-state index < -0.39 is 0 Å². The average molecular weight is 758 g/mol. The molecule has 4 heterocycles. The second-order valence-electron chi connectivity index (χ2n) is 17.8. The lowest BCUT2D eigenvalue weighted by molar-refractivity contribution is -0.0564. The quantitative estimate of drug-likeness (QED) is 0.0619. The Hall–Kier alpha value is -4.42. The second kappa shape index (κ2) is 18.9. The Kier molecular flexibility index (Phi) is 14.9. The minimum absolute atomic E-state index is 0.110. The van der Waals surface area contributed by atoms with Crippen LogP contribution in [0, 0.1) is 11.8 Å². The van der Waals surface area contributed by atoms with Gasteiger partial charge in [0.15, 0.2) is 0 Å². The van der Waals surface area contributed by atoms with Crippen molar-refractivity contribution in [1.29, 1.82) is 0 Å². The molecule has 0 bridgehead atoms. The van der Waals surface area contributed by atoms with E-state index in [1.807, 2.05) is 12.2 Å². The number of unbranched alkanes of at least 4 members (excludes halogenated alkanes) is 3. The topological polar surface area (TPSA) is 147 Å². The number of piperidine rings is 2. The molecule has 0 amide bonds. The Morgan fingerprint density at radius 2 is 1.00 bits per heavy atom. The van der Waals surface area contributed by atoms with Crippen molar-refractivity contribution in [1.82, 2.24) is 34.9 Å². The summed E-state index contributed by atoms with van der Waals surface area (Å²) in [6, 6.07) is 0. The van der Waals surface area contributed by atoms with E-state index in [1.165, 1.54) is 38.5 Å². The number of anilines is 5. The van der Waals surface area contributed by atoms with Crippen LogP contribution < -0.4 is 31.8 Å². The fraction of sp³-hybridized carbons (Fsp3) is 0.667. The summed E-state index contributed by atoms with van der Waals surface area (Å²) in [6.45, 7) is 36.2. The zero-order valence-electron chi connectivity index (χ0n) is 35.3. The first-order valence-electron chi connectivity index (χ1n) is 20.3. The lowest BCUT2D eigenvalue weighted by atomic mass is 9.72. The van der Waals surface area contributed by atoms with Crippen LogP contribution in [0.1, 0.15) is 120 Å². The van der Waals surface area contributed by atoms with Gasteiger partial charge < -0.3 is 26.2 Å². The van der Waals surface area contributed by atoms with E-state index in [0.29, 0.717) is 73.4 Å². The van der Waals surface area contributed by atoms with Crippen LogP contribution in [-0.2, 0) is 0 Å². The summed E-state index contributed by atoms with van der Waals surface area (Å²) in [6.07, 6.45) is 19.2. The summed E-state index contributed by atoms with van der Waals surface area (Å²) in [7, 11) is 0. The molecular weight excluding hydrogens is 687 g/mol. The Labute approximate surface area is 331 Å². The van der Waals surface area contributed by atoms with Crippen LogP contribution in [0.3, 0.4) is 0 Å². The average Bonchev–Trinajstić information content (AvgIpc) is 3.09. The molecule has 304 valence electrons. The van der Waals surface area contributed by atoms with E-state index >= 15 is 0 Å². The van der Waals surface area contributed by atoms with Crippen molar-refractivity contribution < 1.29 is 0 Å². The molecule has 0 saturated carbocycles. The Balaban J connectivity index is 1.31. The van der Waals surface area contributed by atoms with Gasteiger partial charge in [-0.05, 0) is 92.9 Å². The summed E-state index contributed by atoms with van der Waals surface area (Å²) in [5.41, 5.74) is 0.0455. The Morgan fingerprint density at radius 1 is 0.582 bits per heavy atom. The third kappa shape index (κ3) is 12.0. The minimum atomic E-state index is -0.127. The third-order valence-electron chi connectivity index (χ3n) is 10.8. The number of hydrogen-bond donors (Lipinski definition) is 5. The maximum Gasteiger partial charge on any atom is 0.250 e. The van der Waals surface area contributed by atoms with Crippen molar-refractivity contribution in [2.24, 2.45) is 16.9 Å². The molecule has 5 N–H and O–H groups in total. The molecule has 4 rings (SSSR count). The molecule has 55 heavy (non-hydrogen) atoms. The first-order valence-corrected chi connectivity index (χ1v) is 20.3. The van der Waals surface area contributed by atoms with Crippen molar-refractivity contribution in [3.05, 3.63) is 56.2 Å². The molecule has 2 aliphatic heterocycles. The minimum Gasteiger partial charge on any atom is -0.352 e. The first kappa shape index (κ1) is 43.3. The van der Waals surface area contributed by atoms with Gasteiger partial charge in [-0.25, -0.2) is 0 Å². The molecule has 2 fully saturated rings. The van der Waals surface area contributed by atoms with Gasteiger partial charge >= 0.3 is 0 Å². The fourth-order valence-corrected chi connectivity index (χ4v) is 9.38. The second-order valence-corrected chi connectivity index (χ2v) is 17.8. The SMILES string of the molecule is C=CCNc1nc(NCC=C)nc(N2C(C)(C)CC(CCCCCCC3CC(C)(C)N(N=c4nc(NCC=C)nc(NCC=C)[nH]4)C(C)(C)C3)CC2(C)C)n1. The molecule has 2 aromatic heterocycles. The maximum atomic E-state index is 5.10. The summed E-state index contributed by atoms with van der Waals surface area (Å²) in [4.78, 5) is 29.2. The molecule has 2 saturated heterocycles. The van der Waals surface area contributed by atoms with Crippen LogP contribution in [0.15, 0.2) is 55.7 Å². The van der Waals surface area contributed by atoms with Gasteiger partial charge in [0.1, 0.15) is 0 Å². The zero-order valence-corrected chi connectivity index (χ0v) is 35.3. The van der Waals surface area contributed by atoms with Gasteiger partial charge in [0.05, 0.1) is 11.1 Å². The van der Waals surface area contributed by atoms with Crippen LogP contribution in [-0.4, -0.2) is 83.2 Å². The van der Waals surface area contributed by atoms with Crippen LogP contribution in [0.2, 0.25) is 0 Å². The van der Waals surface area contributed by atoms with Crippen molar-refractivity contribution >= 4 is 29.7 Å². The van der Waals surface area contributed by atoms with E-state index in [-0.39, 0.29) is 22.2 Å². The highest BCUT2D eigenvalue weighted by Crippen LogP contribution is 2.46. The highest BCUT2D eigenvalue weighted by molar-refractivity contribution is 5.48. The number of hydrogen-bond acceptors (Lipinski definition) is 12. The lowest BCUT2D eigenvalue weighted by Gasteiger charge is -2.55. The number of nitrogens with one attached hydrogen (secondary N) is 5. The molecule has 13 nitrogen and oxygen atoms in total. The Morgan fingerprint density at radius 3 is 1.45 bits per heavy atom. The largest absolute Gasteiger partial charge is 0.352 e. The van der Waals surface area contributed by atoms with Crippen molar-refractivity contribution in [2.75, 3.05) is 52.3 Å². The smallest absolute Gasteiger partial charge is 0.250 e. The molecule has 2 aliphatic rings. The third-order valence-corrected chi connectivity index (χ3v) is 10.8. The number of aromatic amines is 1. The Bertz CT molecular complexity index is 1560. The monoisotopic (exact) mass is 758 g/mol. The van der Waals surface area contributed by atoms with Gasteiger partial charge in [-0.2, -0.15) is 24.9 Å². The summed E-state index contributed by atoms with van der Waals surface area (Å²) in [5, 5.41) is 20.3. The first-order chi connectivity index (χ1) is 26.0. The normalized spacial score (nSPS) is 19.4. The summed E-state index contributed by atoms with van der Waals surface area (Å²) < 4.78 is 0. The van der Waals surface area contributed by atoms with Gasteiger partial charge in [0, 0.05) is 37.3 Å². The van der Waals surface area contributed by atoms with E-state index in [9.17, 15) is 0 Å². The van der Waals surface area contributed by atoms with Gasteiger partial charge in [0.25, 0.3) is 0 Å². The molecule has 0 unspecified atom stereocenters. The van der Waals surface area contributed by atoms with Gasteiger partial charge in [-0.3, -0.25) is 9.99 Å². The predicted octanol–water partition coefficient (Wildman–Crippen LogP) is 8.28. The van der Waals surface area contributed by atoms with E-state index in [2.05, 4.69) is 133 Å². The number of rotatable bonds is 21. The number of nitrogens with zero attached hydrogens (tertiary/aromatic N) is 8. The van der Waals surface area contributed by atoms with Crippen LogP contribution in [0.25, 0.3) is 0 Å². The van der Waals surface area contributed by atoms with Gasteiger partial charge in [-0.1, -0.05) is 62.8 Å². The van der Waals surface area contributed by atoms with Crippen LogP contribution in [0.4, 0.5) is 29.7 Å². The van der Waals surface area contributed by atoms with Crippen molar-refractivity contribution in [3.8, 4) is 0 Å². The molecular formula is C42H71N13. The van der Waals surface area contributed by atoms with Crippen LogP contribution >= 0.6 is 0 Å². The van der Waals surface area contributed by atoms with Gasteiger partial charge in [0.2, 0.25) is 35.4 Å². The molecule has 2 aromatic rings. The van der Waals surface area contributed by atoms with E-state index in [1.54, 1.807) is 12.2 Å². The van der Waals surface area contributed by atoms with Gasteiger partial charge in [-0.15, -0.1) is 31.4 Å². The fourth-order valence-electron chi connectivity index (χ4n) is 9.38. The standard InChI is InChI=1S/C42H71N13/c1-13-23-43-33-47-34(44-24-14-2)50-37(49-33)53-55-41(9,10)29-32(30-42(55,11)12)22-20-18-17-19-21-31-27-39(5,6)54(40(7,8)28-31)38-51-35(45-25-15-3)48-36(52-38)46-26-16-4/h13-16,31-32H,1-4,17-30H2,5-12H3,(H2,45,46,48,51,52)(H3,43,44,47,49,50,53). The van der Waals surface area contributed by atoms with Crippen LogP contribution in [0.5, 0.6) is 0 Å². The van der Waals surface area contributed by atoms with Crippen molar-refractivity contribution in [2.45, 2.75) is 142 Å². The molecule has 0 atom stereocenters. The van der Waals surface area contributed by atoms with Crippen molar-refractivity contribution in [3.63, 3.8) is 0 Å². The molecule has 13 heteroatoms. The predicted molar refractivity (Wildman–Crippen MR) is 230 cm³/mol. The maximum absolute atomic E-state index is 5.10. The summed E-state index contributed by atoms with van der Waals surface area (Å²) in [5.74, 6) is 4.22.